The molecule has 0 saturated heterocycles. The molecule has 0 atom stereocenters. The molecule has 0 aliphatic heterocycles. The van der Waals surface area contributed by atoms with Gasteiger partial charge >= 0.3 is 6.09 Å². The molecular weight excluding hydrogens is 246 g/mol. The average Bonchev–Trinajstić information content (AvgIpc) is 2.18. The molecule has 104 valence electrons. The van der Waals surface area contributed by atoms with Crippen LogP contribution in [0.25, 0.3) is 0 Å². The van der Waals surface area contributed by atoms with Crippen molar-refractivity contribution in [2.75, 3.05) is 5.32 Å². The topological polar surface area (TPSA) is 75.6 Å². The van der Waals surface area contributed by atoms with Gasteiger partial charge in [-0.3, -0.25) is 10.1 Å². The first kappa shape index (κ1) is 15.0. The van der Waals surface area contributed by atoms with Gasteiger partial charge in [-0.2, -0.15) is 0 Å². The summed E-state index contributed by atoms with van der Waals surface area (Å²) in [6, 6.07) is 4.60. The predicted octanol–water partition coefficient (Wildman–Crippen LogP) is 2.87. The highest BCUT2D eigenvalue weighted by Crippen LogP contribution is 2.23. The normalized spacial score (nSPS) is 10.9. The smallest absolute Gasteiger partial charge is 0.412 e. The fourth-order valence-electron chi connectivity index (χ4n) is 1.48. The summed E-state index contributed by atoms with van der Waals surface area (Å²) in [7, 11) is 0. The summed E-state index contributed by atoms with van der Waals surface area (Å²) in [5.74, 6) is -0.0630. The number of ketones is 1. The molecule has 1 aromatic rings. The van der Waals surface area contributed by atoms with Gasteiger partial charge in [0.25, 0.3) is 0 Å². The SMILES string of the molecule is CC(=O)Cc1ccc(NC(=O)OC(C)(C)C)cc1O. The molecule has 0 aromatic heterocycles. The Hall–Kier alpha value is -2.04. The maximum absolute atomic E-state index is 11.5. The minimum atomic E-state index is -0.591. The molecule has 0 fully saturated rings. The van der Waals surface area contributed by atoms with Gasteiger partial charge in [0, 0.05) is 23.7 Å². The fraction of sp³-hybridized carbons (Fsp3) is 0.429. The van der Waals surface area contributed by atoms with Gasteiger partial charge in [-0.25, -0.2) is 4.79 Å². The maximum Gasteiger partial charge on any atom is 0.412 e. The minimum Gasteiger partial charge on any atom is -0.508 e. The third kappa shape index (κ3) is 5.42. The number of rotatable bonds is 3. The number of Topliss-reactive ketones (excluding diaryl/α,β-unsaturated/α-hetero) is 1. The van der Waals surface area contributed by atoms with Gasteiger partial charge in [0.05, 0.1) is 0 Å². The third-order valence-corrected chi connectivity index (χ3v) is 2.17. The summed E-state index contributed by atoms with van der Waals surface area (Å²) in [4.78, 5) is 22.5. The standard InChI is InChI=1S/C14H19NO4/c1-9(16)7-10-5-6-11(8-12(10)17)15-13(18)19-14(2,3)4/h5-6,8,17H,7H2,1-4H3,(H,15,18). The first-order valence-corrected chi connectivity index (χ1v) is 5.99. The van der Waals surface area contributed by atoms with Crippen LogP contribution in [0.5, 0.6) is 5.75 Å². The monoisotopic (exact) mass is 265 g/mol. The van der Waals surface area contributed by atoms with Crippen molar-refractivity contribution in [1.82, 2.24) is 0 Å². The molecule has 1 rings (SSSR count). The molecule has 2 N–H and O–H groups in total. The zero-order chi connectivity index (χ0) is 14.6. The molecule has 0 radical (unpaired) electrons. The van der Waals surface area contributed by atoms with E-state index in [1.807, 2.05) is 0 Å². The number of anilines is 1. The molecule has 0 saturated carbocycles. The van der Waals surface area contributed by atoms with Crippen molar-refractivity contribution in [3.8, 4) is 5.75 Å². The van der Waals surface area contributed by atoms with Crippen LogP contribution in [0.2, 0.25) is 0 Å². The molecule has 19 heavy (non-hydrogen) atoms. The molecule has 1 aromatic carbocycles. The van der Waals surface area contributed by atoms with E-state index in [2.05, 4.69) is 5.32 Å². The van der Waals surface area contributed by atoms with E-state index >= 15 is 0 Å². The summed E-state index contributed by atoms with van der Waals surface area (Å²) in [6.07, 6.45) is -0.426. The Bertz CT molecular complexity index is 489. The van der Waals surface area contributed by atoms with Crippen LogP contribution < -0.4 is 5.32 Å². The second kappa shape index (κ2) is 5.73. The molecular formula is C14H19NO4. The predicted molar refractivity (Wildman–Crippen MR) is 72.3 cm³/mol. The van der Waals surface area contributed by atoms with Gasteiger partial charge in [-0.05, 0) is 33.8 Å². The van der Waals surface area contributed by atoms with Gasteiger partial charge < -0.3 is 9.84 Å². The summed E-state index contributed by atoms with van der Waals surface area (Å²) >= 11 is 0. The van der Waals surface area contributed by atoms with Gasteiger partial charge in [-0.1, -0.05) is 6.07 Å². The molecule has 0 unspecified atom stereocenters. The van der Waals surface area contributed by atoms with Gasteiger partial charge in [-0.15, -0.1) is 0 Å². The zero-order valence-electron chi connectivity index (χ0n) is 11.6. The van der Waals surface area contributed by atoms with Crippen molar-refractivity contribution in [2.24, 2.45) is 0 Å². The van der Waals surface area contributed by atoms with Crippen LogP contribution >= 0.6 is 0 Å². The summed E-state index contributed by atoms with van der Waals surface area (Å²) in [6.45, 7) is 6.74. The lowest BCUT2D eigenvalue weighted by Crippen LogP contribution is -2.27. The van der Waals surface area contributed by atoms with E-state index in [9.17, 15) is 14.7 Å². The van der Waals surface area contributed by atoms with E-state index in [0.29, 0.717) is 11.3 Å². The molecule has 0 aliphatic rings. The zero-order valence-corrected chi connectivity index (χ0v) is 11.6. The van der Waals surface area contributed by atoms with E-state index in [0.717, 1.165) is 0 Å². The molecule has 0 aliphatic carbocycles. The summed E-state index contributed by atoms with van der Waals surface area (Å²) < 4.78 is 5.09. The van der Waals surface area contributed by atoms with E-state index < -0.39 is 11.7 Å². The number of aromatic hydroxyl groups is 1. The Morgan fingerprint density at radius 2 is 1.95 bits per heavy atom. The molecule has 5 nitrogen and oxygen atoms in total. The number of ether oxygens (including phenoxy) is 1. The second-order valence-electron chi connectivity index (χ2n) is 5.35. The number of phenolic OH excluding ortho intramolecular Hbond substituents is 1. The number of hydrogen-bond acceptors (Lipinski definition) is 4. The maximum atomic E-state index is 11.5. The minimum absolute atomic E-state index is 0.0243. The number of benzene rings is 1. The van der Waals surface area contributed by atoms with Crippen LogP contribution in [0, 0.1) is 0 Å². The highest BCUT2D eigenvalue weighted by atomic mass is 16.6. The van der Waals surface area contributed by atoms with Gasteiger partial charge in [0.2, 0.25) is 0 Å². The van der Waals surface area contributed by atoms with Crippen LogP contribution in [-0.2, 0) is 16.0 Å². The molecule has 0 heterocycles. The number of hydrogen-bond donors (Lipinski definition) is 2. The first-order chi connectivity index (χ1) is 8.67. The van der Waals surface area contributed by atoms with Crippen molar-refractivity contribution in [2.45, 2.75) is 39.7 Å². The number of amides is 1. The highest BCUT2D eigenvalue weighted by molar-refractivity contribution is 5.85. The van der Waals surface area contributed by atoms with Crippen molar-refractivity contribution in [3.05, 3.63) is 23.8 Å². The second-order valence-corrected chi connectivity index (χ2v) is 5.35. The van der Waals surface area contributed by atoms with E-state index in [4.69, 9.17) is 4.74 Å². The van der Waals surface area contributed by atoms with E-state index in [1.54, 1.807) is 32.9 Å². The highest BCUT2D eigenvalue weighted by Gasteiger charge is 2.16. The Balaban J connectivity index is 2.73. The van der Waals surface area contributed by atoms with Gasteiger partial charge in [0.15, 0.2) is 0 Å². The van der Waals surface area contributed by atoms with Crippen LogP contribution in [0.3, 0.4) is 0 Å². The molecule has 0 bridgehead atoms. The van der Waals surface area contributed by atoms with E-state index in [1.165, 1.54) is 13.0 Å². The summed E-state index contributed by atoms with van der Waals surface area (Å²) in [5.41, 5.74) is 0.363. The van der Waals surface area contributed by atoms with Crippen molar-refractivity contribution in [3.63, 3.8) is 0 Å². The third-order valence-electron chi connectivity index (χ3n) is 2.17. The van der Waals surface area contributed by atoms with Crippen LogP contribution in [-0.4, -0.2) is 22.6 Å². The van der Waals surface area contributed by atoms with Crippen LogP contribution in [0.4, 0.5) is 10.5 Å². The average molecular weight is 265 g/mol. The van der Waals surface area contributed by atoms with Crippen molar-refractivity contribution < 1.29 is 19.4 Å². The number of nitrogens with one attached hydrogen (secondary N) is 1. The lowest BCUT2D eigenvalue weighted by molar-refractivity contribution is -0.116. The van der Waals surface area contributed by atoms with E-state index in [-0.39, 0.29) is 18.0 Å². The Kier molecular flexibility index (Phi) is 4.53. The summed E-state index contributed by atoms with van der Waals surface area (Å²) in [5, 5.41) is 12.3. The number of phenols is 1. The Labute approximate surface area is 112 Å². The number of carbonyl (C=O) groups is 2. The van der Waals surface area contributed by atoms with Crippen molar-refractivity contribution in [1.29, 1.82) is 0 Å². The molecule has 1 amide bonds. The Morgan fingerprint density at radius 3 is 2.42 bits per heavy atom. The first-order valence-electron chi connectivity index (χ1n) is 5.99. The van der Waals surface area contributed by atoms with Crippen LogP contribution in [0.15, 0.2) is 18.2 Å². The quantitative estimate of drug-likeness (QED) is 0.881. The fourth-order valence-corrected chi connectivity index (χ4v) is 1.48. The lowest BCUT2D eigenvalue weighted by atomic mass is 10.1. The lowest BCUT2D eigenvalue weighted by Gasteiger charge is -2.19. The number of carbonyl (C=O) groups excluding carboxylic acids is 2. The van der Waals surface area contributed by atoms with Gasteiger partial charge in [0.1, 0.15) is 17.1 Å². The van der Waals surface area contributed by atoms with Crippen molar-refractivity contribution >= 4 is 17.6 Å². The molecule has 5 heteroatoms. The molecule has 0 spiro atoms. The largest absolute Gasteiger partial charge is 0.508 e. The Morgan fingerprint density at radius 1 is 1.32 bits per heavy atom. The van der Waals surface area contributed by atoms with Crippen LogP contribution in [0.1, 0.15) is 33.3 Å².